The topological polar surface area (TPSA) is 40.7 Å². The van der Waals surface area contributed by atoms with Crippen molar-refractivity contribution in [2.24, 2.45) is 0 Å². The maximum absolute atomic E-state index is 13.2. The van der Waals surface area contributed by atoms with Crippen LogP contribution < -0.4 is 5.32 Å². The Morgan fingerprint density at radius 1 is 1.40 bits per heavy atom. The highest BCUT2D eigenvalue weighted by Crippen LogP contribution is 2.18. The normalized spacial score (nSPS) is 10.8. The molecule has 0 saturated heterocycles. The summed E-state index contributed by atoms with van der Waals surface area (Å²) in [5, 5.41) is 3.72. The van der Waals surface area contributed by atoms with Gasteiger partial charge in [-0.1, -0.05) is 24.9 Å². The summed E-state index contributed by atoms with van der Waals surface area (Å²) in [4.78, 5) is 7.53. The Balaban J connectivity index is 1.99. The number of aromatic amines is 1. The third-order valence-electron chi connectivity index (χ3n) is 3.17. The lowest BCUT2D eigenvalue weighted by Crippen LogP contribution is -2.01. The highest BCUT2D eigenvalue weighted by atomic mass is 35.5. The van der Waals surface area contributed by atoms with E-state index in [1.807, 2.05) is 0 Å². The Hall–Kier alpha value is -1.55. The van der Waals surface area contributed by atoms with E-state index >= 15 is 0 Å². The SMILES string of the molecule is CCCCc1nc(Cl)c(CNc2ccc(F)c(C)c2)[nH]1. The van der Waals surface area contributed by atoms with E-state index in [4.69, 9.17) is 11.6 Å². The summed E-state index contributed by atoms with van der Waals surface area (Å²) >= 11 is 6.10. The lowest BCUT2D eigenvalue weighted by molar-refractivity contribution is 0.618. The van der Waals surface area contributed by atoms with Gasteiger partial charge in [0.1, 0.15) is 11.6 Å². The molecule has 0 amide bonds. The molecular formula is C15H19ClFN3. The Morgan fingerprint density at radius 3 is 2.90 bits per heavy atom. The number of H-pyrrole nitrogens is 1. The van der Waals surface area contributed by atoms with Crippen molar-refractivity contribution in [1.29, 1.82) is 0 Å². The monoisotopic (exact) mass is 295 g/mol. The number of nitrogens with zero attached hydrogens (tertiary/aromatic N) is 1. The van der Waals surface area contributed by atoms with E-state index < -0.39 is 0 Å². The van der Waals surface area contributed by atoms with Crippen LogP contribution in [0.25, 0.3) is 0 Å². The molecule has 2 aromatic rings. The Kier molecular flexibility index (Phi) is 5.01. The Bertz CT molecular complexity index is 580. The quantitative estimate of drug-likeness (QED) is 0.826. The van der Waals surface area contributed by atoms with Crippen LogP contribution >= 0.6 is 11.6 Å². The number of hydrogen-bond acceptors (Lipinski definition) is 2. The molecule has 2 N–H and O–H groups in total. The summed E-state index contributed by atoms with van der Waals surface area (Å²) in [6.45, 7) is 4.43. The fourth-order valence-corrected chi connectivity index (χ4v) is 2.18. The second-order valence-corrected chi connectivity index (χ2v) is 5.23. The highest BCUT2D eigenvalue weighted by molar-refractivity contribution is 6.30. The third kappa shape index (κ3) is 3.73. The number of rotatable bonds is 6. The molecule has 1 aromatic carbocycles. The summed E-state index contributed by atoms with van der Waals surface area (Å²) in [6.07, 6.45) is 3.13. The highest BCUT2D eigenvalue weighted by Gasteiger charge is 2.08. The van der Waals surface area contributed by atoms with Gasteiger partial charge in [-0.25, -0.2) is 9.37 Å². The van der Waals surface area contributed by atoms with Gasteiger partial charge >= 0.3 is 0 Å². The molecule has 0 saturated carbocycles. The summed E-state index contributed by atoms with van der Waals surface area (Å²) in [6, 6.07) is 4.95. The summed E-state index contributed by atoms with van der Waals surface area (Å²) < 4.78 is 13.2. The maximum atomic E-state index is 13.2. The minimum atomic E-state index is -0.197. The predicted octanol–water partition coefficient (Wildman–Crippen LogP) is 4.47. The van der Waals surface area contributed by atoms with Crippen LogP contribution in [0.1, 0.15) is 36.8 Å². The van der Waals surface area contributed by atoms with E-state index in [2.05, 4.69) is 22.2 Å². The first kappa shape index (κ1) is 14.9. The Labute approximate surface area is 123 Å². The van der Waals surface area contributed by atoms with Crippen molar-refractivity contribution < 1.29 is 4.39 Å². The first-order valence-electron chi connectivity index (χ1n) is 6.83. The Morgan fingerprint density at radius 2 is 2.20 bits per heavy atom. The molecule has 1 aromatic heterocycles. The van der Waals surface area contributed by atoms with Crippen molar-refractivity contribution in [3.8, 4) is 0 Å². The van der Waals surface area contributed by atoms with E-state index in [1.165, 1.54) is 6.07 Å². The van der Waals surface area contributed by atoms with Gasteiger partial charge in [-0.05, 0) is 37.1 Å². The molecule has 5 heteroatoms. The molecule has 0 spiro atoms. The second-order valence-electron chi connectivity index (χ2n) is 4.87. The van der Waals surface area contributed by atoms with Gasteiger partial charge in [0.05, 0.1) is 12.2 Å². The molecule has 0 bridgehead atoms. The summed E-state index contributed by atoms with van der Waals surface area (Å²) in [5.41, 5.74) is 2.35. The second kappa shape index (κ2) is 6.75. The molecule has 0 fully saturated rings. The molecule has 3 nitrogen and oxygen atoms in total. The van der Waals surface area contributed by atoms with Gasteiger partial charge in [-0.3, -0.25) is 0 Å². The van der Waals surface area contributed by atoms with Gasteiger partial charge in [0.15, 0.2) is 5.15 Å². The standard InChI is InChI=1S/C15H19ClFN3/c1-3-4-5-14-19-13(15(16)20-14)9-18-11-6-7-12(17)10(2)8-11/h6-8,18H,3-5,9H2,1-2H3,(H,19,20). The smallest absolute Gasteiger partial charge is 0.152 e. The molecule has 0 aliphatic carbocycles. The zero-order chi connectivity index (χ0) is 14.5. The summed E-state index contributed by atoms with van der Waals surface area (Å²) in [7, 11) is 0. The molecular weight excluding hydrogens is 277 g/mol. The molecule has 0 aliphatic rings. The molecule has 1 heterocycles. The number of aromatic nitrogens is 2. The zero-order valence-electron chi connectivity index (χ0n) is 11.8. The van der Waals surface area contributed by atoms with Gasteiger partial charge in [-0.15, -0.1) is 0 Å². The molecule has 108 valence electrons. The number of halogens is 2. The third-order valence-corrected chi connectivity index (χ3v) is 3.48. The van der Waals surface area contributed by atoms with E-state index in [9.17, 15) is 4.39 Å². The first-order chi connectivity index (χ1) is 9.60. The van der Waals surface area contributed by atoms with Crippen molar-refractivity contribution in [2.45, 2.75) is 39.7 Å². The van der Waals surface area contributed by atoms with Crippen molar-refractivity contribution in [3.05, 3.63) is 46.3 Å². The molecule has 0 aliphatic heterocycles. The van der Waals surface area contributed by atoms with Crippen molar-refractivity contribution >= 4 is 17.3 Å². The number of benzene rings is 1. The van der Waals surface area contributed by atoms with Crippen LogP contribution in [0, 0.1) is 12.7 Å². The van der Waals surface area contributed by atoms with Crippen LogP contribution in [0.2, 0.25) is 5.15 Å². The first-order valence-corrected chi connectivity index (χ1v) is 7.21. The lowest BCUT2D eigenvalue weighted by atomic mass is 10.2. The molecule has 2 rings (SSSR count). The van der Waals surface area contributed by atoms with Gasteiger partial charge in [0.2, 0.25) is 0 Å². The van der Waals surface area contributed by atoms with Crippen LogP contribution in [-0.2, 0) is 13.0 Å². The molecule has 0 atom stereocenters. The molecule has 0 unspecified atom stereocenters. The van der Waals surface area contributed by atoms with Crippen LogP contribution in [0.5, 0.6) is 0 Å². The van der Waals surface area contributed by atoms with Crippen molar-refractivity contribution in [2.75, 3.05) is 5.32 Å². The fourth-order valence-electron chi connectivity index (χ4n) is 1.96. The van der Waals surface area contributed by atoms with E-state index in [0.717, 1.165) is 36.5 Å². The lowest BCUT2D eigenvalue weighted by Gasteiger charge is -2.06. The number of nitrogens with one attached hydrogen (secondary N) is 2. The summed E-state index contributed by atoms with van der Waals surface area (Å²) in [5.74, 6) is 0.723. The number of imidazole rings is 1. The van der Waals surface area contributed by atoms with Gasteiger partial charge in [-0.2, -0.15) is 0 Å². The largest absolute Gasteiger partial charge is 0.379 e. The van der Waals surface area contributed by atoms with E-state index in [-0.39, 0.29) is 5.82 Å². The minimum absolute atomic E-state index is 0.197. The average Bonchev–Trinajstić information content (AvgIpc) is 2.78. The number of aryl methyl sites for hydroxylation is 2. The maximum Gasteiger partial charge on any atom is 0.152 e. The zero-order valence-corrected chi connectivity index (χ0v) is 12.5. The van der Waals surface area contributed by atoms with E-state index in [0.29, 0.717) is 17.3 Å². The van der Waals surface area contributed by atoms with Crippen LogP contribution in [0.3, 0.4) is 0 Å². The van der Waals surface area contributed by atoms with E-state index in [1.54, 1.807) is 19.1 Å². The number of anilines is 1. The van der Waals surface area contributed by atoms with Gasteiger partial charge in [0.25, 0.3) is 0 Å². The minimum Gasteiger partial charge on any atom is -0.379 e. The van der Waals surface area contributed by atoms with Crippen molar-refractivity contribution in [3.63, 3.8) is 0 Å². The fraction of sp³-hybridized carbons (Fsp3) is 0.400. The molecule has 0 radical (unpaired) electrons. The van der Waals surface area contributed by atoms with Crippen LogP contribution in [0.15, 0.2) is 18.2 Å². The predicted molar refractivity (Wildman–Crippen MR) is 80.7 cm³/mol. The number of unbranched alkanes of at least 4 members (excludes halogenated alkanes) is 1. The van der Waals surface area contributed by atoms with Gasteiger partial charge < -0.3 is 10.3 Å². The van der Waals surface area contributed by atoms with Crippen LogP contribution in [-0.4, -0.2) is 9.97 Å². The number of hydrogen-bond donors (Lipinski definition) is 2. The average molecular weight is 296 g/mol. The van der Waals surface area contributed by atoms with Crippen molar-refractivity contribution in [1.82, 2.24) is 9.97 Å². The molecule has 20 heavy (non-hydrogen) atoms. The van der Waals surface area contributed by atoms with Crippen LogP contribution in [0.4, 0.5) is 10.1 Å². The van der Waals surface area contributed by atoms with Gasteiger partial charge in [0, 0.05) is 12.1 Å².